The van der Waals surface area contributed by atoms with Crippen molar-refractivity contribution in [3.05, 3.63) is 24.3 Å². The maximum Gasteiger partial charge on any atom is 0.321 e. The molecule has 26 heavy (non-hydrogen) atoms. The first-order chi connectivity index (χ1) is 12.6. The molecule has 1 saturated carbocycles. The Bertz CT molecular complexity index is 787. The number of hydrogen-bond donors (Lipinski definition) is 3. The topological polar surface area (TPSA) is 113 Å². The minimum Gasteiger partial charge on any atom is -0.496 e. The third-order valence-corrected chi connectivity index (χ3v) is 5.27. The van der Waals surface area contributed by atoms with E-state index in [1.54, 1.807) is 7.11 Å². The molecule has 1 aromatic carbocycles. The molecule has 1 heterocycles. The van der Waals surface area contributed by atoms with E-state index in [1.807, 2.05) is 24.3 Å². The summed E-state index contributed by atoms with van der Waals surface area (Å²) < 4.78 is 5.31. The van der Waals surface area contributed by atoms with Crippen molar-refractivity contribution in [1.29, 1.82) is 0 Å². The van der Waals surface area contributed by atoms with Crippen LogP contribution in [-0.4, -0.2) is 40.5 Å². The van der Waals surface area contributed by atoms with Crippen molar-refractivity contribution in [2.75, 3.05) is 12.4 Å². The van der Waals surface area contributed by atoms with Crippen LogP contribution in [0.25, 0.3) is 10.6 Å². The molecule has 3 N–H and O–H groups in total. The fourth-order valence-electron chi connectivity index (χ4n) is 3.01. The molecule has 0 atom stereocenters. The highest BCUT2D eigenvalue weighted by atomic mass is 32.1. The smallest absolute Gasteiger partial charge is 0.321 e. The van der Waals surface area contributed by atoms with Crippen molar-refractivity contribution >= 4 is 28.5 Å². The Morgan fingerprint density at radius 3 is 2.62 bits per heavy atom. The van der Waals surface area contributed by atoms with Crippen molar-refractivity contribution in [3.63, 3.8) is 0 Å². The summed E-state index contributed by atoms with van der Waals surface area (Å²) >= 11 is 1.26. The van der Waals surface area contributed by atoms with Gasteiger partial charge >= 0.3 is 12.0 Å². The minimum atomic E-state index is -0.759. The van der Waals surface area contributed by atoms with Crippen LogP contribution in [0.3, 0.4) is 0 Å². The quantitative estimate of drug-likeness (QED) is 0.739. The molecule has 0 bridgehead atoms. The van der Waals surface area contributed by atoms with Crippen LogP contribution in [0.4, 0.5) is 9.93 Å². The van der Waals surface area contributed by atoms with Gasteiger partial charge in [0.2, 0.25) is 5.13 Å². The first-order valence-electron chi connectivity index (χ1n) is 8.34. The van der Waals surface area contributed by atoms with Gasteiger partial charge in [-0.2, -0.15) is 0 Å². The van der Waals surface area contributed by atoms with Gasteiger partial charge < -0.3 is 15.2 Å². The van der Waals surface area contributed by atoms with Gasteiger partial charge in [0, 0.05) is 6.04 Å². The fourth-order valence-corrected chi connectivity index (χ4v) is 3.78. The average molecular weight is 376 g/mol. The second kappa shape index (κ2) is 8.13. The molecule has 0 spiro atoms. The third-order valence-electron chi connectivity index (χ3n) is 4.39. The second-order valence-corrected chi connectivity index (χ2v) is 7.08. The van der Waals surface area contributed by atoms with Gasteiger partial charge in [-0.25, -0.2) is 4.79 Å². The largest absolute Gasteiger partial charge is 0.496 e. The van der Waals surface area contributed by atoms with E-state index in [9.17, 15) is 9.59 Å². The molecule has 138 valence electrons. The summed E-state index contributed by atoms with van der Waals surface area (Å²) in [5.41, 5.74) is 0.813. The van der Waals surface area contributed by atoms with Gasteiger partial charge in [0.1, 0.15) is 5.75 Å². The number of nitrogens with one attached hydrogen (secondary N) is 2. The molecule has 2 aromatic rings. The molecule has 1 aromatic heterocycles. The first-order valence-corrected chi connectivity index (χ1v) is 9.15. The number of methoxy groups -OCH3 is 1. The molecule has 0 aliphatic heterocycles. The Balaban J connectivity index is 1.56. The average Bonchev–Trinajstić information content (AvgIpc) is 3.10. The zero-order chi connectivity index (χ0) is 18.5. The maximum absolute atomic E-state index is 12.1. The lowest BCUT2D eigenvalue weighted by Crippen LogP contribution is -2.40. The summed E-state index contributed by atoms with van der Waals surface area (Å²) in [6.45, 7) is 0. The number of carbonyl (C=O) groups excluding carboxylic acids is 1. The van der Waals surface area contributed by atoms with Gasteiger partial charge in [-0.05, 0) is 37.8 Å². The summed E-state index contributed by atoms with van der Waals surface area (Å²) in [6.07, 6.45) is 2.48. The van der Waals surface area contributed by atoms with Crippen LogP contribution >= 0.6 is 11.3 Å². The molecule has 1 aliphatic rings. The SMILES string of the molecule is COc1ccccc1-c1nnc(NC(=O)NC2CCC(C(=O)O)CC2)s1. The molecule has 0 radical (unpaired) electrons. The summed E-state index contributed by atoms with van der Waals surface area (Å²) in [5.74, 6) is -0.372. The Morgan fingerprint density at radius 1 is 1.19 bits per heavy atom. The maximum atomic E-state index is 12.1. The van der Waals surface area contributed by atoms with Crippen LogP contribution in [0.1, 0.15) is 25.7 Å². The Morgan fingerprint density at radius 2 is 1.92 bits per heavy atom. The van der Waals surface area contributed by atoms with E-state index in [-0.39, 0.29) is 18.0 Å². The lowest BCUT2D eigenvalue weighted by atomic mass is 9.86. The molecular formula is C17H20N4O4S. The van der Waals surface area contributed by atoms with Crippen LogP contribution in [0, 0.1) is 5.92 Å². The van der Waals surface area contributed by atoms with Crippen LogP contribution in [-0.2, 0) is 4.79 Å². The number of ether oxygens (including phenoxy) is 1. The van der Waals surface area contributed by atoms with Crippen LogP contribution < -0.4 is 15.4 Å². The number of hydrogen-bond acceptors (Lipinski definition) is 6. The van der Waals surface area contributed by atoms with E-state index >= 15 is 0 Å². The van der Waals surface area contributed by atoms with E-state index in [1.165, 1.54) is 11.3 Å². The standard InChI is InChI=1S/C17H20N4O4S/c1-25-13-5-3-2-4-12(13)14-20-21-17(26-14)19-16(24)18-11-8-6-10(7-9-11)15(22)23/h2-5,10-11H,6-9H2,1H3,(H,22,23)(H2,18,19,21,24). The highest BCUT2D eigenvalue weighted by Gasteiger charge is 2.26. The van der Waals surface area contributed by atoms with Gasteiger partial charge in [-0.15, -0.1) is 10.2 Å². The molecule has 3 rings (SSSR count). The molecule has 9 heteroatoms. The normalized spacial score (nSPS) is 19.6. The van der Waals surface area contributed by atoms with E-state index in [0.29, 0.717) is 41.6 Å². The van der Waals surface area contributed by atoms with E-state index in [0.717, 1.165) is 5.56 Å². The van der Waals surface area contributed by atoms with Crippen molar-refractivity contribution in [2.45, 2.75) is 31.7 Å². The predicted octanol–water partition coefficient (Wildman–Crippen LogP) is 2.98. The van der Waals surface area contributed by atoms with Gasteiger partial charge in [0.25, 0.3) is 0 Å². The molecule has 0 unspecified atom stereocenters. The lowest BCUT2D eigenvalue weighted by molar-refractivity contribution is -0.142. The predicted molar refractivity (Wildman–Crippen MR) is 97.4 cm³/mol. The number of anilines is 1. The zero-order valence-electron chi connectivity index (χ0n) is 14.3. The van der Waals surface area contributed by atoms with Gasteiger partial charge in [-0.1, -0.05) is 23.5 Å². The number of carboxylic acid groups (broad SMARTS) is 1. The Labute approximate surface area is 154 Å². The molecule has 2 amide bonds. The molecule has 1 aliphatic carbocycles. The first kappa shape index (κ1) is 18.1. The van der Waals surface area contributed by atoms with E-state index in [2.05, 4.69) is 20.8 Å². The van der Waals surface area contributed by atoms with Crippen LogP contribution in [0.2, 0.25) is 0 Å². The number of aliphatic carboxylic acids is 1. The van der Waals surface area contributed by atoms with E-state index < -0.39 is 5.97 Å². The fraction of sp³-hybridized carbons (Fsp3) is 0.412. The van der Waals surface area contributed by atoms with Crippen molar-refractivity contribution in [2.24, 2.45) is 5.92 Å². The molecule has 0 saturated heterocycles. The molecular weight excluding hydrogens is 356 g/mol. The van der Waals surface area contributed by atoms with Crippen molar-refractivity contribution in [1.82, 2.24) is 15.5 Å². The monoisotopic (exact) mass is 376 g/mol. The van der Waals surface area contributed by atoms with E-state index in [4.69, 9.17) is 9.84 Å². The summed E-state index contributed by atoms with van der Waals surface area (Å²) in [6, 6.07) is 7.09. The van der Waals surface area contributed by atoms with Crippen LogP contribution in [0.15, 0.2) is 24.3 Å². The summed E-state index contributed by atoms with van der Waals surface area (Å²) in [7, 11) is 1.59. The lowest BCUT2D eigenvalue weighted by Gasteiger charge is -2.26. The van der Waals surface area contributed by atoms with Crippen molar-refractivity contribution < 1.29 is 19.4 Å². The number of aromatic nitrogens is 2. The number of rotatable bonds is 5. The zero-order valence-corrected chi connectivity index (χ0v) is 15.1. The molecule has 1 fully saturated rings. The number of para-hydroxylation sites is 1. The second-order valence-electron chi connectivity index (χ2n) is 6.10. The summed E-state index contributed by atoms with van der Waals surface area (Å²) in [5, 5.41) is 23.7. The van der Waals surface area contributed by atoms with Gasteiger partial charge in [-0.3, -0.25) is 10.1 Å². The third kappa shape index (κ3) is 4.29. The van der Waals surface area contributed by atoms with Crippen molar-refractivity contribution in [3.8, 4) is 16.3 Å². The minimum absolute atomic E-state index is 0.0211. The van der Waals surface area contributed by atoms with Gasteiger partial charge in [0.05, 0.1) is 18.6 Å². The number of benzene rings is 1. The highest BCUT2D eigenvalue weighted by Crippen LogP contribution is 2.33. The summed E-state index contributed by atoms with van der Waals surface area (Å²) in [4.78, 5) is 23.1. The number of nitrogens with zero attached hydrogens (tertiary/aromatic N) is 2. The van der Waals surface area contributed by atoms with Crippen LogP contribution in [0.5, 0.6) is 5.75 Å². The highest BCUT2D eigenvalue weighted by molar-refractivity contribution is 7.18. The Kier molecular flexibility index (Phi) is 5.67. The van der Waals surface area contributed by atoms with Gasteiger partial charge in [0.15, 0.2) is 5.01 Å². The molecule has 8 nitrogen and oxygen atoms in total. The number of amides is 2. The Hall–Kier alpha value is -2.68. The number of carboxylic acids is 1. The number of carbonyl (C=O) groups is 2. The number of urea groups is 1.